The average Bonchev–Trinajstić information content (AvgIpc) is 3.33. The summed E-state index contributed by atoms with van der Waals surface area (Å²) in [6, 6.07) is 7.17. The normalized spacial score (nSPS) is 28.4. The lowest BCUT2D eigenvalue weighted by Crippen LogP contribution is -2.49. The lowest BCUT2D eigenvalue weighted by atomic mass is 9.49. The minimum Gasteiger partial charge on any atom is -0.508 e. The van der Waals surface area contributed by atoms with E-state index in [1.807, 2.05) is 16.5 Å². The Morgan fingerprint density at radius 3 is 2.15 bits per heavy atom. The zero-order valence-electron chi connectivity index (χ0n) is 18.9. The molecule has 1 N–H and O–H groups in total. The van der Waals surface area contributed by atoms with Crippen LogP contribution in [-0.4, -0.2) is 28.2 Å². The molecule has 33 heavy (non-hydrogen) atoms. The van der Waals surface area contributed by atoms with E-state index in [1.54, 1.807) is 19.2 Å². The molecule has 4 aliphatic carbocycles. The zero-order chi connectivity index (χ0) is 22.6. The van der Waals surface area contributed by atoms with Crippen molar-refractivity contribution >= 4 is 16.9 Å². The van der Waals surface area contributed by atoms with E-state index < -0.39 is 0 Å². The summed E-state index contributed by atoms with van der Waals surface area (Å²) in [5, 5.41) is 9.90. The fraction of sp³-hybridized carbons (Fsp3) is 0.480. The number of fused-ring (bicyclic) bond motifs is 3. The van der Waals surface area contributed by atoms with E-state index in [2.05, 4.69) is 10.8 Å². The van der Waals surface area contributed by atoms with Crippen LogP contribution < -0.4 is 11.2 Å². The number of nitrogens with zero attached hydrogens (tertiary/aromatic N) is 5. The highest BCUT2D eigenvalue weighted by molar-refractivity contribution is 5.76. The van der Waals surface area contributed by atoms with Crippen molar-refractivity contribution in [3.8, 4) is 11.4 Å². The maximum absolute atomic E-state index is 13.2. The molecular weight excluding hydrogens is 418 g/mol. The van der Waals surface area contributed by atoms with E-state index in [9.17, 15) is 14.7 Å². The molecule has 0 unspecified atom stereocenters. The molecule has 4 aliphatic rings. The van der Waals surface area contributed by atoms with Gasteiger partial charge in [-0.3, -0.25) is 22.9 Å². The van der Waals surface area contributed by atoms with Crippen molar-refractivity contribution in [2.75, 3.05) is 0 Å². The fourth-order valence-electron chi connectivity index (χ4n) is 7.63. The highest BCUT2D eigenvalue weighted by atomic mass is 16.3. The monoisotopic (exact) mass is 445 g/mol. The minimum absolute atomic E-state index is 0.0750. The third kappa shape index (κ3) is 2.44. The molecule has 170 valence electrons. The van der Waals surface area contributed by atoms with Gasteiger partial charge in [-0.25, -0.2) is 4.79 Å². The van der Waals surface area contributed by atoms with Crippen LogP contribution in [0.15, 0.2) is 40.1 Å². The van der Waals surface area contributed by atoms with Crippen molar-refractivity contribution in [3.63, 3.8) is 0 Å². The highest BCUT2D eigenvalue weighted by Gasteiger charge is 2.53. The molecule has 4 saturated carbocycles. The molecule has 4 aromatic rings. The standard InChI is InChI=1S/C25H27N5O3/c1-27-21-20(22(32)28(2)24(27)33)29-13-19(25-10-14-7-15(11-25)9-16(8-14)12-25)30(23(29)26-21)17-3-5-18(31)6-4-17/h3-6,13-16,31H,7-12H2,1-2H3. The van der Waals surface area contributed by atoms with Crippen molar-refractivity contribution in [3.05, 3.63) is 57.0 Å². The third-order valence-corrected chi connectivity index (χ3v) is 8.65. The number of phenolic OH excluding ortho intramolecular Hbond substituents is 1. The second-order valence-electron chi connectivity index (χ2n) is 10.7. The molecule has 0 spiro atoms. The lowest BCUT2D eigenvalue weighted by Gasteiger charge is -2.56. The summed E-state index contributed by atoms with van der Waals surface area (Å²) >= 11 is 0. The SMILES string of the molecule is Cn1c(=O)c2c(nc3n(-c4ccc(O)cc4)c(C45CC6CC(CC(C6)C4)C5)cn23)n(C)c1=O. The van der Waals surface area contributed by atoms with Gasteiger partial charge in [-0.05, 0) is 80.5 Å². The first kappa shape index (κ1) is 19.2. The molecule has 3 heterocycles. The van der Waals surface area contributed by atoms with Gasteiger partial charge in [0.25, 0.3) is 5.56 Å². The quantitative estimate of drug-likeness (QED) is 0.514. The summed E-state index contributed by atoms with van der Waals surface area (Å²) < 4.78 is 6.64. The number of hydrogen-bond acceptors (Lipinski definition) is 4. The van der Waals surface area contributed by atoms with Gasteiger partial charge in [0.2, 0.25) is 5.78 Å². The van der Waals surface area contributed by atoms with E-state index in [1.165, 1.54) is 55.8 Å². The van der Waals surface area contributed by atoms with Crippen LogP contribution >= 0.6 is 0 Å². The number of hydrogen-bond donors (Lipinski definition) is 1. The second kappa shape index (κ2) is 6.18. The second-order valence-corrected chi connectivity index (χ2v) is 10.7. The number of phenols is 1. The van der Waals surface area contributed by atoms with Gasteiger partial charge in [-0.2, -0.15) is 4.98 Å². The molecule has 0 radical (unpaired) electrons. The average molecular weight is 446 g/mol. The smallest absolute Gasteiger partial charge is 0.332 e. The first-order valence-corrected chi connectivity index (χ1v) is 11.8. The van der Waals surface area contributed by atoms with E-state index in [0.717, 1.165) is 28.0 Å². The number of imidazole rings is 2. The Bertz CT molecular complexity index is 1530. The summed E-state index contributed by atoms with van der Waals surface area (Å²) in [6.07, 6.45) is 9.69. The van der Waals surface area contributed by atoms with E-state index >= 15 is 0 Å². The predicted molar refractivity (Wildman–Crippen MR) is 124 cm³/mol. The first-order valence-electron chi connectivity index (χ1n) is 11.8. The van der Waals surface area contributed by atoms with Gasteiger partial charge in [-0.1, -0.05) is 0 Å². The van der Waals surface area contributed by atoms with Crippen molar-refractivity contribution < 1.29 is 5.11 Å². The maximum atomic E-state index is 13.2. The van der Waals surface area contributed by atoms with E-state index in [-0.39, 0.29) is 22.4 Å². The van der Waals surface area contributed by atoms with Crippen LogP contribution in [0.1, 0.15) is 44.2 Å². The zero-order valence-corrected chi connectivity index (χ0v) is 18.9. The first-order chi connectivity index (χ1) is 15.8. The topological polar surface area (TPSA) is 86.5 Å². The van der Waals surface area contributed by atoms with Crippen LogP contribution in [0.25, 0.3) is 22.6 Å². The molecule has 3 aromatic heterocycles. The molecule has 8 rings (SSSR count). The van der Waals surface area contributed by atoms with Crippen LogP contribution in [0.3, 0.4) is 0 Å². The molecule has 8 heteroatoms. The van der Waals surface area contributed by atoms with Crippen molar-refractivity contribution in [1.82, 2.24) is 23.1 Å². The fourth-order valence-corrected chi connectivity index (χ4v) is 7.63. The van der Waals surface area contributed by atoms with Crippen molar-refractivity contribution in [1.29, 1.82) is 0 Å². The third-order valence-electron chi connectivity index (χ3n) is 8.65. The van der Waals surface area contributed by atoms with Crippen LogP contribution in [0.2, 0.25) is 0 Å². The molecule has 1 aromatic carbocycles. The summed E-state index contributed by atoms with van der Waals surface area (Å²) in [5.74, 6) is 3.18. The van der Waals surface area contributed by atoms with Crippen LogP contribution in [0.4, 0.5) is 0 Å². The molecule has 4 fully saturated rings. The van der Waals surface area contributed by atoms with Crippen molar-refractivity contribution in [2.24, 2.45) is 31.8 Å². The Labute approximate surface area is 189 Å². The molecular formula is C25H27N5O3. The maximum Gasteiger partial charge on any atom is 0.332 e. The molecule has 0 aliphatic heterocycles. The van der Waals surface area contributed by atoms with Gasteiger partial charge in [-0.15, -0.1) is 0 Å². The molecule has 4 bridgehead atoms. The Morgan fingerprint density at radius 2 is 1.55 bits per heavy atom. The van der Waals surface area contributed by atoms with E-state index in [0.29, 0.717) is 16.9 Å². The Hall–Kier alpha value is -3.29. The molecule has 8 nitrogen and oxygen atoms in total. The number of aryl methyl sites for hydroxylation is 1. The van der Waals surface area contributed by atoms with Gasteiger partial charge in [0.15, 0.2) is 11.2 Å². The summed E-state index contributed by atoms with van der Waals surface area (Å²) in [7, 11) is 3.17. The summed E-state index contributed by atoms with van der Waals surface area (Å²) in [4.78, 5) is 30.5. The minimum atomic E-state index is -0.384. The molecule has 0 atom stereocenters. The molecule has 0 amide bonds. The number of aromatic nitrogens is 5. The predicted octanol–water partition coefficient (Wildman–Crippen LogP) is 2.85. The van der Waals surface area contributed by atoms with Gasteiger partial charge in [0, 0.05) is 37.1 Å². The van der Waals surface area contributed by atoms with Crippen LogP contribution in [0.5, 0.6) is 5.75 Å². The molecule has 0 saturated heterocycles. The van der Waals surface area contributed by atoms with Gasteiger partial charge in [0.05, 0.1) is 0 Å². The Morgan fingerprint density at radius 1 is 0.939 bits per heavy atom. The highest BCUT2D eigenvalue weighted by Crippen LogP contribution is 2.61. The Kier molecular flexibility index (Phi) is 3.60. The van der Waals surface area contributed by atoms with Gasteiger partial charge < -0.3 is 5.11 Å². The lowest BCUT2D eigenvalue weighted by molar-refractivity contribution is -0.00786. The number of rotatable bonds is 2. The van der Waals surface area contributed by atoms with Gasteiger partial charge in [0.1, 0.15) is 5.75 Å². The Balaban J connectivity index is 1.58. The van der Waals surface area contributed by atoms with Gasteiger partial charge >= 0.3 is 5.69 Å². The van der Waals surface area contributed by atoms with Crippen LogP contribution in [0, 0.1) is 17.8 Å². The summed E-state index contributed by atoms with van der Waals surface area (Å²) in [5.41, 5.74) is 2.29. The van der Waals surface area contributed by atoms with Crippen molar-refractivity contribution in [2.45, 2.75) is 43.9 Å². The summed E-state index contributed by atoms with van der Waals surface area (Å²) in [6.45, 7) is 0. The van der Waals surface area contributed by atoms with E-state index in [4.69, 9.17) is 4.98 Å². The largest absolute Gasteiger partial charge is 0.508 e. The van der Waals surface area contributed by atoms with Crippen LogP contribution in [-0.2, 0) is 19.5 Å². The number of aromatic hydroxyl groups is 1. The number of benzene rings is 1.